The van der Waals surface area contributed by atoms with Gasteiger partial charge in [-0.05, 0) is 0 Å². The lowest BCUT2D eigenvalue weighted by atomic mass is 9.76. The van der Waals surface area contributed by atoms with E-state index in [1.165, 1.54) is 0 Å². The van der Waals surface area contributed by atoms with E-state index in [9.17, 15) is 19.2 Å². The number of carbonyl (C=O) groups is 4. The zero-order valence-electron chi connectivity index (χ0n) is 9.75. The van der Waals surface area contributed by atoms with Crippen LogP contribution in [-0.4, -0.2) is 44.3 Å². The van der Waals surface area contributed by atoms with E-state index in [0.717, 1.165) is 0 Å². The van der Waals surface area contributed by atoms with Crippen molar-refractivity contribution in [3.63, 3.8) is 0 Å². The van der Waals surface area contributed by atoms with Gasteiger partial charge in [0.05, 0.1) is 0 Å². The fourth-order valence-corrected chi connectivity index (χ4v) is 1.34. The van der Waals surface area contributed by atoms with Gasteiger partial charge in [0.15, 0.2) is 5.41 Å². The van der Waals surface area contributed by atoms with Crippen LogP contribution in [0.3, 0.4) is 0 Å². The van der Waals surface area contributed by atoms with Gasteiger partial charge in [-0.2, -0.15) is 0 Å². The molecule has 0 aliphatic heterocycles. The summed E-state index contributed by atoms with van der Waals surface area (Å²) in [4.78, 5) is 43.5. The van der Waals surface area contributed by atoms with Crippen molar-refractivity contribution in [1.29, 1.82) is 0 Å². The van der Waals surface area contributed by atoms with Gasteiger partial charge in [-0.3, -0.25) is 9.59 Å². The van der Waals surface area contributed by atoms with Crippen LogP contribution in [0.4, 0.5) is 0 Å². The summed E-state index contributed by atoms with van der Waals surface area (Å²) in [6.45, 7) is 6.11. The highest BCUT2D eigenvalue weighted by Crippen LogP contribution is 2.34. The molecule has 0 bridgehead atoms. The monoisotopic (exact) mass is 272 g/mol. The first-order chi connectivity index (χ1) is 8.54. The minimum absolute atomic E-state index is 0.650. The molecule has 0 saturated heterocycles. The van der Waals surface area contributed by atoms with Crippen LogP contribution < -0.4 is 0 Å². The summed E-state index contributed by atoms with van der Waals surface area (Å²) in [7, 11) is 0. The Balaban J connectivity index is 5.57. The Morgan fingerprint density at radius 2 is 1.00 bits per heavy atom. The maximum absolute atomic E-state index is 11.1. The topological polar surface area (TPSA) is 149 Å². The van der Waals surface area contributed by atoms with Crippen LogP contribution in [0.1, 0.15) is 12.8 Å². The fraction of sp³-hybridized carbons (Fsp3) is 0.273. The SMILES string of the molecule is C=C(CC(CC(=C)C(=O)O)(C(=O)O)C(=O)O)C(=O)O. The van der Waals surface area contributed by atoms with Crippen molar-refractivity contribution >= 4 is 23.9 Å². The van der Waals surface area contributed by atoms with E-state index < -0.39 is 53.3 Å². The lowest BCUT2D eigenvalue weighted by Gasteiger charge is -2.24. The minimum atomic E-state index is -2.62. The predicted molar refractivity (Wildman–Crippen MR) is 60.5 cm³/mol. The molecule has 0 atom stereocenters. The van der Waals surface area contributed by atoms with Crippen LogP contribution in [-0.2, 0) is 19.2 Å². The predicted octanol–water partition coefficient (Wildman–Crippen LogP) is 0.204. The van der Waals surface area contributed by atoms with E-state index in [1.807, 2.05) is 0 Å². The molecule has 8 nitrogen and oxygen atoms in total. The number of carboxylic acids is 4. The van der Waals surface area contributed by atoms with E-state index in [2.05, 4.69) is 13.2 Å². The van der Waals surface area contributed by atoms with Gasteiger partial charge in [0, 0.05) is 24.0 Å². The minimum Gasteiger partial charge on any atom is -0.480 e. The zero-order valence-corrected chi connectivity index (χ0v) is 9.75. The fourth-order valence-electron chi connectivity index (χ4n) is 1.34. The van der Waals surface area contributed by atoms with Gasteiger partial charge in [-0.1, -0.05) is 13.2 Å². The van der Waals surface area contributed by atoms with Crippen LogP contribution >= 0.6 is 0 Å². The molecule has 19 heavy (non-hydrogen) atoms. The second-order valence-corrected chi connectivity index (χ2v) is 3.86. The molecule has 0 heterocycles. The highest BCUT2D eigenvalue weighted by molar-refractivity contribution is 6.02. The number of hydrogen-bond acceptors (Lipinski definition) is 4. The second kappa shape index (κ2) is 5.80. The quantitative estimate of drug-likeness (QED) is 0.361. The van der Waals surface area contributed by atoms with Crippen LogP contribution in [0.5, 0.6) is 0 Å². The van der Waals surface area contributed by atoms with Crippen LogP contribution in [0, 0.1) is 5.41 Å². The molecule has 8 heteroatoms. The molecule has 0 rings (SSSR count). The molecule has 0 aromatic rings. The Hall–Kier alpha value is -2.64. The summed E-state index contributed by atoms with van der Waals surface area (Å²) in [5, 5.41) is 35.3. The Kier molecular flexibility index (Phi) is 5.00. The van der Waals surface area contributed by atoms with Crippen molar-refractivity contribution < 1.29 is 39.6 Å². The maximum Gasteiger partial charge on any atom is 0.331 e. The first-order valence-electron chi connectivity index (χ1n) is 4.83. The van der Waals surface area contributed by atoms with Gasteiger partial charge in [0.2, 0.25) is 0 Å². The summed E-state index contributed by atoms with van der Waals surface area (Å²) in [6, 6.07) is 0. The van der Waals surface area contributed by atoms with Gasteiger partial charge in [0.1, 0.15) is 0 Å². The second-order valence-electron chi connectivity index (χ2n) is 3.86. The van der Waals surface area contributed by atoms with E-state index in [-0.39, 0.29) is 0 Å². The Bertz CT molecular complexity index is 429. The number of carboxylic acid groups (broad SMARTS) is 4. The van der Waals surface area contributed by atoms with E-state index in [1.54, 1.807) is 0 Å². The lowest BCUT2D eigenvalue weighted by molar-refractivity contribution is -0.164. The average molecular weight is 272 g/mol. The van der Waals surface area contributed by atoms with Crippen molar-refractivity contribution in [1.82, 2.24) is 0 Å². The molecular formula is C11H12O8. The standard InChI is InChI=1S/C11H12O8/c1-5(7(12)13)3-11(9(16)17,10(18)19)4-6(2)8(14)15/h1-4H2,(H,12,13)(H,14,15)(H,16,17)(H,18,19). The van der Waals surface area contributed by atoms with Crippen molar-refractivity contribution in [2.75, 3.05) is 0 Å². The lowest BCUT2D eigenvalue weighted by Crippen LogP contribution is -2.41. The largest absolute Gasteiger partial charge is 0.480 e. The van der Waals surface area contributed by atoms with Gasteiger partial charge < -0.3 is 20.4 Å². The Labute approximate surface area is 107 Å². The van der Waals surface area contributed by atoms with E-state index >= 15 is 0 Å². The third-order valence-corrected chi connectivity index (χ3v) is 2.45. The molecule has 0 unspecified atom stereocenters. The van der Waals surface area contributed by atoms with Gasteiger partial charge in [-0.25, -0.2) is 9.59 Å². The van der Waals surface area contributed by atoms with Crippen LogP contribution in [0.25, 0.3) is 0 Å². The normalized spacial score (nSPS) is 10.5. The third kappa shape index (κ3) is 3.66. The molecule has 0 spiro atoms. The molecule has 0 fully saturated rings. The Morgan fingerprint density at radius 3 is 1.16 bits per heavy atom. The Morgan fingerprint density at radius 1 is 0.737 bits per heavy atom. The van der Waals surface area contributed by atoms with Crippen molar-refractivity contribution in [2.45, 2.75) is 12.8 Å². The molecule has 4 N–H and O–H groups in total. The van der Waals surface area contributed by atoms with Crippen LogP contribution in [0.15, 0.2) is 24.3 Å². The molecular weight excluding hydrogens is 260 g/mol. The molecule has 0 saturated carbocycles. The summed E-state index contributed by atoms with van der Waals surface area (Å²) >= 11 is 0. The van der Waals surface area contributed by atoms with Gasteiger partial charge in [-0.15, -0.1) is 0 Å². The highest BCUT2D eigenvalue weighted by Gasteiger charge is 2.48. The van der Waals surface area contributed by atoms with Gasteiger partial charge >= 0.3 is 23.9 Å². The molecule has 0 aromatic heterocycles. The van der Waals surface area contributed by atoms with Crippen LogP contribution in [0.2, 0.25) is 0 Å². The molecule has 0 aromatic carbocycles. The zero-order chi connectivity index (χ0) is 15.4. The van der Waals surface area contributed by atoms with Gasteiger partial charge in [0.25, 0.3) is 0 Å². The molecule has 0 radical (unpaired) electrons. The molecule has 0 aliphatic carbocycles. The first kappa shape index (κ1) is 16.4. The van der Waals surface area contributed by atoms with Crippen molar-refractivity contribution in [3.8, 4) is 0 Å². The maximum atomic E-state index is 11.1. The highest BCUT2D eigenvalue weighted by atomic mass is 16.4. The third-order valence-electron chi connectivity index (χ3n) is 2.45. The van der Waals surface area contributed by atoms with E-state index in [0.29, 0.717) is 0 Å². The average Bonchev–Trinajstić information content (AvgIpc) is 2.26. The number of hydrogen-bond donors (Lipinski definition) is 4. The number of rotatable bonds is 8. The smallest absolute Gasteiger partial charge is 0.331 e. The number of aliphatic carboxylic acids is 4. The van der Waals surface area contributed by atoms with Crippen molar-refractivity contribution in [2.24, 2.45) is 5.41 Å². The molecule has 0 amide bonds. The first-order valence-corrected chi connectivity index (χ1v) is 4.83. The summed E-state index contributed by atoms with van der Waals surface area (Å²) < 4.78 is 0. The summed E-state index contributed by atoms with van der Waals surface area (Å²) in [5.41, 5.74) is -3.92. The summed E-state index contributed by atoms with van der Waals surface area (Å²) in [6.07, 6.45) is -1.86. The van der Waals surface area contributed by atoms with E-state index in [4.69, 9.17) is 20.4 Å². The molecule has 0 aliphatic rings. The van der Waals surface area contributed by atoms with Crippen molar-refractivity contribution in [3.05, 3.63) is 24.3 Å². The molecule has 104 valence electrons. The summed E-state index contributed by atoms with van der Waals surface area (Å²) in [5.74, 6) is -6.84.